The zero-order chi connectivity index (χ0) is 25.7. The molecule has 0 rings (SSSR count). The number of hydrogen-bond donors (Lipinski definition) is 4. The summed E-state index contributed by atoms with van der Waals surface area (Å²) in [7, 11) is 0. The number of amides is 3. The van der Waals surface area contributed by atoms with E-state index in [1.54, 1.807) is 48.5 Å². The zero-order valence-electron chi connectivity index (χ0n) is 20.9. The van der Waals surface area contributed by atoms with Crippen molar-refractivity contribution in [1.29, 1.82) is 0 Å². The Morgan fingerprint density at radius 3 is 1.76 bits per heavy atom. The molecule has 11 nitrogen and oxygen atoms in total. The van der Waals surface area contributed by atoms with Crippen LogP contribution in [0.15, 0.2) is 4.99 Å². The predicted octanol–water partition coefficient (Wildman–Crippen LogP) is 3.18. The highest BCUT2D eigenvalue weighted by molar-refractivity contribution is 6.01. The average molecular weight is 473 g/mol. The minimum atomic E-state index is -1.12. The number of ether oxygens (including phenoxy) is 2. The van der Waals surface area contributed by atoms with E-state index < -0.39 is 41.2 Å². The zero-order valence-corrected chi connectivity index (χ0v) is 20.9. The van der Waals surface area contributed by atoms with Gasteiger partial charge < -0.3 is 19.9 Å². The first-order valence-electron chi connectivity index (χ1n) is 11.2. The quantitative estimate of drug-likeness (QED) is 0.165. The van der Waals surface area contributed by atoms with E-state index >= 15 is 0 Å². The van der Waals surface area contributed by atoms with E-state index in [1.165, 1.54) is 0 Å². The minimum absolute atomic E-state index is 0.0648. The van der Waals surface area contributed by atoms with Gasteiger partial charge >= 0.3 is 18.2 Å². The third-order valence-electron chi connectivity index (χ3n) is 3.92. The van der Waals surface area contributed by atoms with Gasteiger partial charge in [0.1, 0.15) is 17.1 Å². The van der Waals surface area contributed by atoms with Gasteiger partial charge in [0.2, 0.25) is 11.9 Å². The Balaban J connectivity index is 4.54. The van der Waals surface area contributed by atoms with Gasteiger partial charge in [-0.15, -0.1) is 0 Å². The lowest BCUT2D eigenvalue weighted by Crippen LogP contribution is -2.47. The van der Waals surface area contributed by atoms with E-state index in [4.69, 9.17) is 14.6 Å². The van der Waals surface area contributed by atoms with Crippen molar-refractivity contribution < 1.29 is 33.8 Å². The average Bonchev–Trinajstić information content (AvgIpc) is 2.60. The number of carbonyl (C=O) groups is 4. The molecule has 0 heterocycles. The fraction of sp³-hybridized carbons (Fsp3) is 0.773. The number of aliphatic imine (C=N–C) groups is 1. The van der Waals surface area contributed by atoms with Crippen LogP contribution in [-0.2, 0) is 19.1 Å². The monoisotopic (exact) mass is 472 g/mol. The molecular formula is C22H40N4O7. The Labute approximate surface area is 196 Å². The summed E-state index contributed by atoms with van der Waals surface area (Å²) in [6.07, 6.45) is 1.71. The van der Waals surface area contributed by atoms with E-state index in [0.29, 0.717) is 25.9 Å². The maximum atomic E-state index is 12.0. The van der Waals surface area contributed by atoms with Crippen molar-refractivity contribution in [3.05, 3.63) is 0 Å². The number of nitrogens with zero attached hydrogens (tertiary/aromatic N) is 1. The normalized spacial score (nSPS) is 12.2. The summed E-state index contributed by atoms with van der Waals surface area (Å²) in [6, 6.07) is 0. The summed E-state index contributed by atoms with van der Waals surface area (Å²) in [5, 5.41) is 16.4. The van der Waals surface area contributed by atoms with E-state index in [2.05, 4.69) is 20.9 Å². The standard InChI is InChI=1S/C22H40N4O7/c1-8-15(17(28)29)16(27)23-13-11-9-10-12-14-24-18(25-19(30)32-21(2,3)4)26-20(31)33-22(5,6)7/h15H,8-14H2,1-7H3,(H,23,27)(H,28,29)(H2,24,25,26,30,31). The van der Waals surface area contributed by atoms with E-state index in [1.807, 2.05) is 0 Å². The molecule has 4 N–H and O–H groups in total. The first kappa shape index (κ1) is 30.1. The predicted molar refractivity (Wildman–Crippen MR) is 124 cm³/mol. The summed E-state index contributed by atoms with van der Waals surface area (Å²) in [5.74, 6) is -2.68. The largest absolute Gasteiger partial charge is 0.481 e. The third-order valence-corrected chi connectivity index (χ3v) is 3.92. The molecule has 0 saturated heterocycles. The molecular weight excluding hydrogens is 432 g/mol. The number of carboxylic acids is 1. The summed E-state index contributed by atoms with van der Waals surface area (Å²) >= 11 is 0. The second kappa shape index (κ2) is 14.3. The molecule has 190 valence electrons. The number of alkyl carbamates (subject to hydrolysis) is 2. The summed E-state index contributed by atoms with van der Waals surface area (Å²) in [6.45, 7) is 12.7. The van der Waals surface area contributed by atoms with Crippen LogP contribution in [-0.4, -0.2) is 59.4 Å². The number of rotatable bonds is 10. The molecule has 3 amide bonds. The molecule has 33 heavy (non-hydrogen) atoms. The van der Waals surface area contributed by atoms with Gasteiger partial charge in [0.15, 0.2) is 0 Å². The van der Waals surface area contributed by atoms with Crippen LogP contribution in [0.4, 0.5) is 9.59 Å². The molecule has 0 fully saturated rings. The van der Waals surface area contributed by atoms with Crippen LogP contribution in [0.2, 0.25) is 0 Å². The Kier molecular flexibility index (Phi) is 13.1. The molecule has 0 aromatic heterocycles. The van der Waals surface area contributed by atoms with E-state index in [0.717, 1.165) is 12.8 Å². The third kappa shape index (κ3) is 16.4. The Morgan fingerprint density at radius 2 is 1.33 bits per heavy atom. The molecule has 0 radical (unpaired) electrons. The first-order chi connectivity index (χ1) is 15.1. The van der Waals surface area contributed by atoms with Gasteiger partial charge in [-0.2, -0.15) is 0 Å². The maximum absolute atomic E-state index is 12.0. The number of carboxylic acid groups (broad SMARTS) is 1. The lowest BCUT2D eigenvalue weighted by Gasteiger charge is -2.22. The molecule has 0 aliphatic heterocycles. The van der Waals surface area contributed by atoms with Crippen LogP contribution in [0.1, 0.15) is 80.6 Å². The number of hydrogen-bond acceptors (Lipinski definition) is 7. The maximum Gasteiger partial charge on any atom is 0.414 e. The minimum Gasteiger partial charge on any atom is -0.481 e. The second-order valence-corrected chi connectivity index (χ2v) is 9.49. The lowest BCUT2D eigenvalue weighted by atomic mass is 10.1. The van der Waals surface area contributed by atoms with Crippen molar-refractivity contribution in [3.8, 4) is 0 Å². The molecule has 11 heteroatoms. The number of unbranched alkanes of at least 4 members (excludes halogenated alkanes) is 3. The van der Waals surface area contributed by atoms with Gasteiger partial charge in [-0.3, -0.25) is 25.2 Å². The molecule has 0 saturated carbocycles. The Morgan fingerprint density at radius 1 is 0.848 bits per heavy atom. The van der Waals surface area contributed by atoms with Crippen LogP contribution in [0.3, 0.4) is 0 Å². The van der Waals surface area contributed by atoms with Crippen LogP contribution < -0.4 is 16.0 Å². The van der Waals surface area contributed by atoms with Gasteiger partial charge in [0, 0.05) is 13.1 Å². The highest BCUT2D eigenvalue weighted by Crippen LogP contribution is 2.08. The molecule has 0 aromatic carbocycles. The van der Waals surface area contributed by atoms with Gasteiger partial charge in [0.25, 0.3) is 0 Å². The highest BCUT2D eigenvalue weighted by atomic mass is 16.6. The van der Waals surface area contributed by atoms with Crippen molar-refractivity contribution in [1.82, 2.24) is 16.0 Å². The molecule has 0 aromatic rings. The molecule has 1 unspecified atom stereocenters. The van der Waals surface area contributed by atoms with Crippen molar-refractivity contribution in [3.63, 3.8) is 0 Å². The van der Waals surface area contributed by atoms with Crippen molar-refractivity contribution in [2.45, 2.75) is 91.8 Å². The van der Waals surface area contributed by atoms with Crippen LogP contribution in [0, 0.1) is 5.92 Å². The van der Waals surface area contributed by atoms with Gasteiger partial charge in [-0.05, 0) is 60.8 Å². The molecule has 0 aliphatic rings. The van der Waals surface area contributed by atoms with Gasteiger partial charge in [-0.25, -0.2) is 9.59 Å². The molecule has 1 atom stereocenters. The topological polar surface area (TPSA) is 155 Å². The van der Waals surface area contributed by atoms with Gasteiger partial charge in [0.05, 0.1) is 0 Å². The number of nitrogens with one attached hydrogen (secondary N) is 3. The van der Waals surface area contributed by atoms with Crippen molar-refractivity contribution >= 4 is 30.0 Å². The number of carbonyl (C=O) groups excluding carboxylic acids is 3. The lowest BCUT2D eigenvalue weighted by molar-refractivity contribution is -0.147. The molecule has 0 aliphatic carbocycles. The second-order valence-electron chi connectivity index (χ2n) is 9.49. The van der Waals surface area contributed by atoms with Crippen molar-refractivity contribution in [2.75, 3.05) is 13.1 Å². The Bertz CT molecular complexity index is 662. The van der Waals surface area contributed by atoms with Crippen molar-refractivity contribution in [2.24, 2.45) is 10.9 Å². The molecule has 0 bridgehead atoms. The summed E-state index contributed by atoms with van der Waals surface area (Å²) in [4.78, 5) is 51.0. The number of aliphatic carboxylic acids is 1. The van der Waals surface area contributed by atoms with Crippen LogP contribution >= 0.6 is 0 Å². The van der Waals surface area contributed by atoms with E-state index in [-0.39, 0.29) is 12.4 Å². The smallest absolute Gasteiger partial charge is 0.414 e. The SMILES string of the molecule is CCC(C(=O)O)C(=O)NCCCCCCN=C(NC(=O)OC(C)(C)C)NC(=O)OC(C)(C)C. The van der Waals surface area contributed by atoms with Gasteiger partial charge in [-0.1, -0.05) is 19.8 Å². The first-order valence-corrected chi connectivity index (χ1v) is 11.2. The van der Waals surface area contributed by atoms with E-state index in [9.17, 15) is 19.2 Å². The molecule has 0 spiro atoms. The fourth-order valence-electron chi connectivity index (χ4n) is 2.50. The highest BCUT2D eigenvalue weighted by Gasteiger charge is 2.23. The Hall–Kier alpha value is -2.85. The fourth-order valence-corrected chi connectivity index (χ4v) is 2.50. The number of guanidine groups is 1. The van der Waals surface area contributed by atoms with Crippen LogP contribution in [0.5, 0.6) is 0 Å². The summed E-state index contributed by atoms with van der Waals surface area (Å²) in [5.41, 5.74) is -1.42. The van der Waals surface area contributed by atoms with Crippen LogP contribution in [0.25, 0.3) is 0 Å². The summed E-state index contributed by atoms with van der Waals surface area (Å²) < 4.78 is 10.4.